The normalized spacial score (nSPS) is 9.93. The number of halogens is 1. The van der Waals surface area contributed by atoms with E-state index in [2.05, 4.69) is 9.97 Å². The maximum absolute atomic E-state index is 10.6. The van der Waals surface area contributed by atoms with Crippen LogP contribution in [0.15, 0.2) is 36.7 Å². The number of carbonyl (C=O) groups excluding carboxylic acids is 1. The van der Waals surface area contributed by atoms with E-state index in [1.54, 1.807) is 24.5 Å². The third-order valence-electron chi connectivity index (χ3n) is 1.91. The number of nitrogens with zero attached hydrogens (tertiary/aromatic N) is 2. The molecule has 0 aliphatic heterocycles. The summed E-state index contributed by atoms with van der Waals surface area (Å²) in [5.74, 6) is 0. The standard InChI is InChI=1S/C11H7ClN2O/c12-11-5-8(7-15)4-10(14-11)9-2-1-3-13-6-9/h1-7H. The van der Waals surface area contributed by atoms with Crippen LogP contribution in [0.25, 0.3) is 11.3 Å². The SMILES string of the molecule is O=Cc1cc(Cl)nc(-c2cccnc2)c1. The first-order valence-electron chi connectivity index (χ1n) is 4.33. The minimum Gasteiger partial charge on any atom is -0.298 e. The third-order valence-corrected chi connectivity index (χ3v) is 2.10. The van der Waals surface area contributed by atoms with Crippen molar-refractivity contribution in [3.8, 4) is 11.3 Å². The lowest BCUT2D eigenvalue weighted by atomic mass is 10.1. The fourth-order valence-electron chi connectivity index (χ4n) is 1.25. The van der Waals surface area contributed by atoms with Crippen LogP contribution in [0, 0.1) is 0 Å². The molecule has 2 aromatic heterocycles. The molecule has 0 spiro atoms. The molecule has 15 heavy (non-hydrogen) atoms. The Kier molecular flexibility index (Phi) is 2.74. The number of aldehydes is 1. The van der Waals surface area contributed by atoms with Crippen molar-refractivity contribution in [3.05, 3.63) is 47.4 Å². The van der Waals surface area contributed by atoms with Gasteiger partial charge in [-0.25, -0.2) is 4.98 Å². The summed E-state index contributed by atoms with van der Waals surface area (Å²) in [6.07, 6.45) is 4.09. The predicted molar refractivity (Wildman–Crippen MR) is 57.9 cm³/mol. The van der Waals surface area contributed by atoms with E-state index in [1.165, 1.54) is 6.07 Å². The van der Waals surface area contributed by atoms with Gasteiger partial charge in [0.25, 0.3) is 0 Å². The van der Waals surface area contributed by atoms with Crippen molar-refractivity contribution < 1.29 is 4.79 Å². The van der Waals surface area contributed by atoms with E-state index in [9.17, 15) is 4.79 Å². The van der Waals surface area contributed by atoms with E-state index in [0.717, 1.165) is 11.8 Å². The lowest BCUT2D eigenvalue weighted by molar-refractivity contribution is 0.112. The monoisotopic (exact) mass is 218 g/mol. The van der Waals surface area contributed by atoms with Gasteiger partial charge in [0.1, 0.15) is 11.4 Å². The van der Waals surface area contributed by atoms with Crippen molar-refractivity contribution in [2.45, 2.75) is 0 Å². The zero-order valence-corrected chi connectivity index (χ0v) is 8.48. The fourth-order valence-corrected chi connectivity index (χ4v) is 1.46. The smallest absolute Gasteiger partial charge is 0.150 e. The maximum atomic E-state index is 10.6. The average Bonchev–Trinajstić information content (AvgIpc) is 2.29. The number of aromatic nitrogens is 2. The van der Waals surface area contributed by atoms with E-state index < -0.39 is 0 Å². The molecule has 0 bridgehead atoms. The van der Waals surface area contributed by atoms with Crippen LogP contribution < -0.4 is 0 Å². The van der Waals surface area contributed by atoms with E-state index in [-0.39, 0.29) is 0 Å². The van der Waals surface area contributed by atoms with Gasteiger partial charge in [0.2, 0.25) is 0 Å². The highest BCUT2D eigenvalue weighted by Gasteiger charge is 2.03. The summed E-state index contributed by atoms with van der Waals surface area (Å²) in [6, 6.07) is 6.86. The largest absolute Gasteiger partial charge is 0.298 e. The number of pyridine rings is 2. The molecule has 0 aliphatic carbocycles. The highest BCUT2D eigenvalue weighted by Crippen LogP contribution is 2.19. The van der Waals surface area contributed by atoms with Crippen LogP contribution in [-0.4, -0.2) is 16.3 Å². The molecule has 4 heteroatoms. The van der Waals surface area contributed by atoms with Gasteiger partial charge in [0.05, 0.1) is 5.69 Å². The van der Waals surface area contributed by atoms with Crippen molar-refractivity contribution in [2.75, 3.05) is 0 Å². The second-order valence-corrected chi connectivity index (χ2v) is 3.36. The Hall–Kier alpha value is -1.74. The Morgan fingerprint density at radius 2 is 2.20 bits per heavy atom. The van der Waals surface area contributed by atoms with E-state index in [0.29, 0.717) is 16.4 Å². The van der Waals surface area contributed by atoms with Gasteiger partial charge in [0, 0.05) is 23.5 Å². The molecule has 0 atom stereocenters. The molecule has 74 valence electrons. The lowest BCUT2D eigenvalue weighted by Crippen LogP contribution is -1.89. The molecule has 0 aliphatic rings. The van der Waals surface area contributed by atoms with E-state index in [1.807, 2.05) is 6.07 Å². The summed E-state index contributed by atoms with van der Waals surface area (Å²) in [6.45, 7) is 0. The maximum Gasteiger partial charge on any atom is 0.150 e. The van der Waals surface area contributed by atoms with Crippen molar-refractivity contribution in [3.63, 3.8) is 0 Å². The quantitative estimate of drug-likeness (QED) is 0.575. The second-order valence-electron chi connectivity index (χ2n) is 2.97. The van der Waals surface area contributed by atoms with E-state index >= 15 is 0 Å². The van der Waals surface area contributed by atoms with Crippen molar-refractivity contribution >= 4 is 17.9 Å². The fraction of sp³-hybridized carbons (Fsp3) is 0. The van der Waals surface area contributed by atoms with Gasteiger partial charge < -0.3 is 0 Å². The van der Waals surface area contributed by atoms with Crippen LogP contribution in [0.2, 0.25) is 5.15 Å². The summed E-state index contributed by atoms with van der Waals surface area (Å²) in [5.41, 5.74) is 2.00. The van der Waals surface area contributed by atoms with Crippen LogP contribution in [0.3, 0.4) is 0 Å². The minimum atomic E-state index is 0.304. The zero-order valence-electron chi connectivity index (χ0n) is 7.72. The van der Waals surface area contributed by atoms with Gasteiger partial charge in [-0.1, -0.05) is 11.6 Å². The number of carbonyl (C=O) groups is 1. The zero-order chi connectivity index (χ0) is 10.7. The second kappa shape index (κ2) is 4.19. The summed E-state index contributed by atoms with van der Waals surface area (Å²) in [5, 5.41) is 0.304. The Morgan fingerprint density at radius 3 is 2.87 bits per heavy atom. The summed E-state index contributed by atoms with van der Waals surface area (Å²) in [7, 11) is 0. The van der Waals surface area contributed by atoms with Gasteiger partial charge >= 0.3 is 0 Å². The molecular weight excluding hydrogens is 212 g/mol. The third kappa shape index (κ3) is 2.19. The first-order chi connectivity index (χ1) is 7.29. The van der Waals surface area contributed by atoms with Crippen LogP contribution >= 0.6 is 11.6 Å². The predicted octanol–water partition coefficient (Wildman–Crippen LogP) is 2.61. The van der Waals surface area contributed by atoms with Crippen LogP contribution in [0.5, 0.6) is 0 Å². The van der Waals surface area contributed by atoms with Crippen molar-refractivity contribution in [1.82, 2.24) is 9.97 Å². The first-order valence-corrected chi connectivity index (χ1v) is 4.70. The molecule has 2 rings (SSSR count). The number of hydrogen-bond donors (Lipinski definition) is 0. The van der Waals surface area contributed by atoms with Crippen LogP contribution in [-0.2, 0) is 0 Å². The van der Waals surface area contributed by atoms with Crippen molar-refractivity contribution in [2.24, 2.45) is 0 Å². The molecule has 0 fully saturated rings. The van der Waals surface area contributed by atoms with E-state index in [4.69, 9.17) is 11.6 Å². The van der Waals surface area contributed by atoms with Gasteiger partial charge in [-0.15, -0.1) is 0 Å². The molecule has 0 saturated heterocycles. The van der Waals surface area contributed by atoms with Crippen molar-refractivity contribution in [1.29, 1.82) is 0 Å². The molecule has 0 amide bonds. The summed E-state index contributed by atoms with van der Waals surface area (Å²) >= 11 is 5.79. The Morgan fingerprint density at radius 1 is 1.33 bits per heavy atom. The lowest BCUT2D eigenvalue weighted by Gasteiger charge is -2.01. The average molecular weight is 219 g/mol. The number of hydrogen-bond acceptors (Lipinski definition) is 3. The molecule has 0 radical (unpaired) electrons. The van der Waals surface area contributed by atoms with Crippen LogP contribution in [0.4, 0.5) is 0 Å². The Labute approximate surface area is 91.8 Å². The summed E-state index contributed by atoms with van der Waals surface area (Å²) in [4.78, 5) is 18.7. The molecule has 2 heterocycles. The molecule has 3 nitrogen and oxygen atoms in total. The Balaban J connectivity index is 2.53. The molecule has 2 aromatic rings. The highest BCUT2D eigenvalue weighted by atomic mass is 35.5. The van der Waals surface area contributed by atoms with Crippen LogP contribution in [0.1, 0.15) is 10.4 Å². The molecular formula is C11H7ClN2O. The highest BCUT2D eigenvalue weighted by molar-refractivity contribution is 6.29. The Bertz CT molecular complexity index is 485. The molecule has 0 N–H and O–H groups in total. The van der Waals surface area contributed by atoms with Gasteiger partial charge in [0.15, 0.2) is 0 Å². The minimum absolute atomic E-state index is 0.304. The van der Waals surface area contributed by atoms with Gasteiger partial charge in [-0.05, 0) is 24.3 Å². The topological polar surface area (TPSA) is 42.9 Å². The van der Waals surface area contributed by atoms with Gasteiger partial charge in [-0.2, -0.15) is 0 Å². The first kappa shape index (κ1) is 9.80. The molecule has 0 unspecified atom stereocenters. The molecule has 0 aromatic carbocycles. The number of rotatable bonds is 2. The van der Waals surface area contributed by atoms with Gasteiger partial charge in [-0.3, -0.25) is 9.78 Å². The molecule has 0 saturated carbocycles. The summed E-state index contributed by atoms with van der Waals surface area (Å²) < 4.78 is 0.